The highest BCUT2D eigenvalue weighted by atomic mass is 32.2. The van der Waals surface area contributed by atoms with Gasteiger partial charge in [-0.1, -0.05) is 30.3 Å². The minimum atomic E-state index is -4.07. The summed E-state index contributed by atoms with van der Waals surface area (Å²) >= 11 is 0. The zero-order valence-corrected chi connectivity index (χ0v) is 24.5. The monoisotopic (exact) mass is 570 g/mol. The number of fused-ring (bicyclic) bond motifs is 1. The third kappa shape index (κ3) is 4.73. The Morgan fingerprint density at radius 3 is 1.73 bits per heavy atom. The van der Waals surface area contributed by atoms with Crippen molar-refractivity contribution in [3.05, 3.63) is 128 Å². The van der Waals surface area contributed by atoms with Crippen LogP contribution in [0.3, 0.4) is 0 Å². The number of esters is 2. The van der Waals surface area contributed by atoms with Gasteiger partial charge in [-0.3, -0.25) is 0 Å². The fourth-order valence-electron chi connectivity index (χ4n) is 5.37. The van der Waals surface area contributed by atoms with Gasteiger partial charge in [0.25, 0.3) is 10.1 Å². The molecular weight excluding hydrogens is 540 g/mol. The summed E-state index contributed by atoms with van der Waals surface area (Å²) in [5.74, 6) is -0.737. The van der Waals surface area contributed by atoms with Gasteiger partial charge >= 0.3 is 11.9 Å². The molecule has 1 atom stereocenters. The average molecular weight is 571 g/mol. The molecule has 0 bridgehead atoms. The SMILES string of the molecule is COC(=O)c1ccc(C(=O)Oc2c(C)cc(C3(c4cc(C)c(C)c(C)c4)OS(=O)(=O)c4ccccc43)cc2C)cc1. The predicted octanol–water partition coefficient (Wildman–Crippen LogP) is 6.25. The van der Waals surface area contributed by atoms with Crippen molar-refractivity contribution < 1.29 is 31.7 Å². The Hall–Kier alpha value is -4.27. The first kappa shape index (κ1) is 28.3. The van der Waals surface area contributed by atoms with Gasteiger partial charge in [0, 0.05) is 5.56 Å². The van der Waals surface area contributed by atoms with Crippen molar-refractivity contribution in [1.29, 1.82) is 0 Å². The van der Waals surface area contributed by atoms with Crippen LogP contribution in [-0.2, 0) is 24.6 Å². The average Bonchev–Trinajstić information content (AvgIpc) is 3.20. The van der Waals surface area contributed by atoms with E-state index in [0.29, 0.717) is 39.1 Å². The molecule has 41 heavy (non-hydrogen) atoms. The van der Waals surface area contributed by atoms with E-state index in [1.165, 1.54) is 31.4 Å². The predicted molar refractivity (Wildman–Crippen MR) is 154 cm³/mol. The number of aryl methyl sites for hydroxylation is 4. The van der Waals surface area contributed by atoms with E-state index in [1.807, 2.05) is 32.9 Å². The van der Waals surface area contributed by atoms with Gasteiger partial charge in [0.15, 0.2) is 5.60 Å². The third-order valence-electron chi connectivity index (χ3n) is 7.71. The minimum Gasteiger partial charge on any atom is -0.465 e. The van der Waals surface area contributed by atoms with E-state index in [0.717, 1.165) is 16.7 Å². The lowest BCUT2D eigenvalue weighted by Crippen LogP contribution is -2.30. The van der Waals surface area contributed by atoms with Crippen LogP contribution < -0.4 is 4.74 Å². The minimum absolute atomic E-state index is 0.122. The maximum absolute atomic E-state index is 13.4. The largest absolute Gasteiger partial charge is 0.465 e. The topological polar surface area (TPSA) is 96.0 Å². The fraction of sp³-hybridized carbons (Fsp3) is 0.212. The first-order valence-electron chi connectivity index (χ1n) is 13.0. The van der Waals surface area contributed by atoms with Crippen molar-refractivity contribution in [3.8, 4) is 5.75 Å². The molecule has 0 fully saturated rings. The maximum Gasteiger partial charge on any atom is 0.343 e. The molecule has 0 aromatic heterocycles. The molecule has 0 amide bonds. The molecule has 210 valence electrons. The Labute approximate surface area is 239 Å². The number of hydrogen-bond acceptors (Lipinski definition) is 7. The summed E-state index contributed by atoms with van der Waals surface area (Å²) < 4.78 is 43.3. The van der Waals surface area contributed by atoms with E-state index in [2.05, 4.69) is 0 Å². The summed E-state index contributed by atoms with van der Waals surface area (Å²) in [6, 6.07) is 20.3. The van der Waals surface area contributed by atoms with E-state index in [1.54, 1.807) is 50.2 Å². The standard InChI is InChI=1S/C33H30O7S/c1-19-15-26(16-20(2)23(19)5)33(28-9-7-8-10-29(28)41(36,37)40-33)27-17-21(3)30(22(4)18-27)39-32(35)25-13-11-24(12-14-25)31(34)38-6/h7-18H,1-6H3. The van der Waals surface area contributed by atoms with Crippen LogP contribution in [0.15, 0.2) is 77.7 Å². The molecule has 0 aliphatic carbocycles. The summed E-state index contributed by atoms with van der Waals surface area (Å²) in [6.45, 7) is 9.61. The molecular formula is C33H30O7S. The number of carbonyl (C=O) groups is 2. The molecule has 4 aromatic rings. The highest BCUT2D eigenvalue weighted by Gasteiger charge is 2.51. The van der Waals surface area contributed by atoms with Crippen LogP contribution >= 0.6 is 0 Å². The van der Waals surface area contributed by atoms with Gasteiger partial charge in [0.05, 0.1) is 18.2 Å². The first-order chi connectivity index (χ1) is 19.4. The van der Waals surface area contributed by atoms with Crippen molar-refractivity contribution in [1.82, 2.24) is 0 Å². The Balaban J connectivity index is 1.62. The molecule has 7 nitrogen and oxygen atoms in total. The normalized spacial score (nSPS) is 17.1. The second kappa shape index (κ2) is 10.3. The Morgan fingerprint density at radius 1 is 0.707 bits per heavy atom. The maximum atomic E-state index is 13.4. The van der Waals surface area contributed by atoms with E-state index in [-0.39, 0.29) is 10.5 Å². The molecule has 1 aliphatic rings. The smallest absolute Gasteiger partial charge is 0.343 e. The van der Waals surface area contributed by atoms with Crippen molar-refractivity contribution >= 4 is 22.1 Å². The molecule has 0 radical (unpaired) electrons. The molecule has 0 N–H and O–H groups in total. The highest BCUT2D eigenvalue weighted by Crippen LogP contribution is 2.51. The Bertz CT molecular complexity index is 1780. The van der Waals surface area contributed by atoms with Crippen LogP contribution in [0.2, 0.25) is 0 Å². The molecule has 8 heteroatoms. The lowest BCUT2D eigenvalue weighted by molar-refractivity contribution is 0.0599. The summed E-state index contributed by atoms with van der Waals surface area (Å²) in [5.41, 5.74) is 5.39. The number of ether oxygens (including phenoxy) is 2. The highest BCUT2D eigenvalue weighted by molar-refractivity contribution is 7.87. The van der Waals surface area contributed by atoms with Crippen molar-refractivity contribution in [2.45, 2.75) is 45.1 Å². The van der Waals surface area contributed by atoms with Crippen LogP contribution in [-0.4, -0.2) is 27.5 Å². The van der Waals surface area contributed by atoms with Crippen molar-refractivity contribution in [2.24, 2.45) is 0 Å². The number of rotatable bonds is 5. The summed E-state index contributed by atoms with van der Waals surface area (Å²) in [4.78, 5) is 24.9. The zero-order valence-electron chi connectivity index (χ0n) is 23.7. The second-order valence-electron chi connectivity index (χ2n) is 10.3. The summed E-state index contributed by atoms with van der Waals surface area (Å²) in [7, 11) is -2.78. The van der Waals surface area contributed by atoms with Gasteiger partial charge in [-0.2, -0.15) is 8.42 Å². The Kier molecular flexibility index (Phi) is 7.09. The molecule has 0 spiro atoms. The van der Waals surface area contributed by atoms with Gasteiger partial charge in [-0.25, -0.2) is 13.8 Å². The molecule has 1 aliphatic heterocycles. The van der Waals surface area contributed by atoms with Crippen molar-refractivity contribution in [2.75, 3.05) is 7.11 Å². The lowest BCUT2D eigenvalue weighted by atomic mass is 9.78. The summed E-state index contributed by atoms with van der Waals surface area (Å²) in [5, 5.41) is 0. The Morgan fingerprint density at radius 2 is 1.20 bits per heavy atom. The van der Waals surface area contributed by atoms with E-state index in [9.17, 15) is 18.0 Å². The first-order valence-corrected chi connectivity index (χ1v) is 14.5. The lowest BCUT2D eigenvalue weighted by Gasteiger charge is -2.31. The van der Waals surface area contributed by atoms with Gasteiger partial charge < -0.3 is 9.47 Å². The summed E-state index contributed by atoms with van der Waals surface area (Å²) in [6.07, 6.45) is 0. The van der Waals surface area contributed by atoms with Crippen LogP contribution in [0, 0.1) is 34.6 Å². The molecule has 0 saturated carbocycles. The van der Waals surface area contributed by atoms with Crippen LogP contribution in [0.4, 0.5) is 0 Å². The van der Waals surface area contributed by atoms with Gasteiger partial charge in [0.1, 0.15) is 10.6 Å². The molecule has 4 aromatic carbocycles. The van der Waals surface area contributed by atoms with Gasteiger partial charge in [0.2, 0.25) is 0 Å². The number of hydrogen-bond donors (Lipinski definition) is 0. The number of carbonyl (C=O) groups excluding carboxylic acids is 2. The van der Waals surface area contributed by atoms with Crippen LogP contribution in [0.1, 0.15) is 65.2 Å². The van der Waals surface area contributed by atoms with Gasteiger partial charge in [-0.15, -0.1) is 0 Å². The zero-order chi connectivity index (χ0) is 29.7. The van der Waals surface area contributed by atoms with Crippen LogP contribution in [0.25, 0.3) is 0 Å². The molecule has 1 heterocycles. The molecule has 5 rings (SSSR count). The molecule has 1 unspecified atom stereocenters. The fourth-order valence-corrected chi connectivity index (χ4v) is 6.80. The van der Waals surface area contributed by atoms with Crippen LogP contribution in [0.5, 0.6) is 5.75 Å². The van der Waals surface area contributed by atoms with E-state index >= 15 is 0 Å². The molecule has 0 saturated heterocycles. The van der Waals surface area contributed by atoms with E-state index in [4.69, 9.17) is 13.7 Å². The number of benzene rings is 4. The van der Waals surface area contributed by atoms with Crippen molar-refractivity contribution in [3.63, 3.8) is 0 Å². The quantitative estimate of drug-likeness (QED) is 0.159. The van der Waals surface area contributed by atoms with E-state index < -0.39 is 27.7 Å². The third-order valence-corrected chi connectivity index (χ3v) is 9.07. The van der Waals surface area contributed by atoms with Gasteiger partial charge in [-0.05, 0) is 116 Å². The second-order valence-corrected chi connectivity index (χ2v) is 11.9. The number of methoxy groups -OCH3 is 1.